The zero-order valence-electron chi connectivity index (χ0n) is 12.2. The molecule has 23 heavy (non-hydrogen) atoms. The van der Waals surface area contributed by atoms with Crippen molar-refractivity contribution in [3.63, 3.8) is 0 Å². The molecule has 0 unspecified atom stereocenters. The third-order valence-electron chi connectivity index (χ3n) is 3.40. The number of hydrogen-bond acceptors (Lipinski definition) is 2. The second-order valence-corrected chi connectivity index (χ2v) is 5.09. The van der Waals surface area contributed by atoms with Crippen LogP contribution >= 0.6 is 0 Å². The van der Waals surface area contributed by atoms with Crippen LogP contribution in [0.5, 0.6) is 0 Å². The van der Waals surface area contributed by atoms with Crippen LogP contribution < -0.4 is 5.32 Å². The molecule has 0 bridgehead atoms. The molecule has 0 atom stereocenters. The van der Waals surface area contributed by atoms with Gasteiger partial charge in [-0.25, -0.2) is 8.78 Å². The smallest absolute Gasteiger partial charge is 0.273 e. The fourth-order valence-electron chi connectivity index (χ4n) is 2.16. The number of hydrogen-bond donors (Lipinski definition) is 2. The van der Waals surface area contributed by atoms with Crippen LogP contribution in [-0.4, -0.2) is 16.1 Å². The number of aryl methyl sites for hydroxylation is 1. The fraction of sp³-hybridized carbons (Fsp3) is 0.0588. The van der Waals surface area contributed by atoms with Crippen molar-refractivity contribution in [1.82, 2.24) is 10.2 Å². The second kappa shape index (κ2) is 6.00. The molecular weight excluding hydrogens is 300 g/mol. The van der Waals surface area contributed by atoms with Crippen LogP contribution in [0.25, 0.3) is 11.3 Å². The fourth-order valence-corrected chi connectivity index (χ4v) is 2.16. The largest absolute Gasteiger partial charge is 0.320 e. The third kappa shape index (κ3) is 3.26. The van der Waals surface area contributed by atoms with E-state index in [9.17, 15) is 13.6 Å². The summed E-state index contributed by atoms with van der Waals surface area (Å²) in [7, 11) is 0. The average molecular weight is 313 g/mol. The summed E-state index contributed by atoms with van der Waals surface area (Å²) in [5.74, 6) is -1.09. The molecule has 1 amide bonds. The van der Waals surface area contributed by atoms with E-state index in [4.69, 9.17) is 0 Å². The van der Waals surface area contributed by atoms with E-state index in [1.54, 1.807) is 25.1 Å². The molecule has 116 valence electrons. The quantitative estimate of drug-likeness (QED) is 0.770. The first kappa shape index (κ1) is 14.9. The summed E-state index contributed by atoms with van der Waals surface area (Å²) in [5.41, 5.74) is 2.63. The maximum Gasteiger partial charge on any atom is 0.273 e. The molecular formula is C17H13F2N3O. The van der Waals surface area contributed by atoms with Gasteiger partial charge in [-0.1, -0.05) is 0 Å². The van der Waals surface area contributed by atoms with Gasteiger partial charge < -0.3 is 5.32 Å². The van der Waals surface area contributed by atoms with E-state index in [0.717, 1.165) is 0 Å². The molecule has 0 aliphatic carbocycles. The van der Waals surface area contributed by atoms with Crippen LogP contribution in [0.4, 0.5) is 14.5 Å². The summed E-state index contributed by atoms with van der Waals surface area (Å²) < 4.78 is 26.0. The highest BCUT2D eigenvalue weighted by atomic mass is 19.1. The summed E-state index contributed by atoms with van der Waals surface area (Å²) in [6, 6.07) is 11.5. The summed E-state index contributed by atoms with van der Waals surface area (Å²) in [5, 5.41) is 9.38. The lowest BCUT2D eigenvalue weighted by Gasteiger charge is -2.06. The van der Waals surface area contributed by atoms with Crippen LogP contribution in [0.15, 0.2) is 48.5 Å². The number of aromatic amines is 1. The molecule has 3 rings (SSSR count). The number of carbonyl (C=O) groups excluding carboxylic acids is 1. The molecule has 0 saturated carbocycles. The Labute approximate surface area is 131 Å². The van der Waals surface area contributed by atoms with Gasteiger partial charge in [-0.15, -0.1) is 0 Å². The van der Waals surface area contributed by atoms with Gasteiger partial charge in [-0.05, 0) is 61.0 Å². The highest BCUT2D eigenvalue weighted by Crippen LogP contribution is 2.20. The molecule has 0 aliphatic rings. The van der Waals surface area contributed by atoms with Crippen molar-refractivity contribution >= 4 is 11.6 Å². The first-order valence-electron chi connectivity index (χ1n) is 6.92. The highest BCUT2D eigenvalue weighted by Gasteiger charge is 2.12. The number of carbonyl (C=O) groups is 1. The Morgan fingerprint density at radius 2 is 1.74 bits per heavy atom. The molecule has 6 heteroatoms. The number of aromatic nitrogens is 2. The molecule has 2 N–H and O–H groups in total. The molecule has 0 saturated heterocycles. The van der Waals surface area contributed by atoms with E-state index < -0.39 is 0 Å². The van der Waals surface area contributed by atoms with Gasteiger partial charge in [-0.2, -0.15) is 5.10 Å². The Kier molecular flexibility index (Phi) is 3.89. The number of amides is 1. The predicted molar refractivity (Wildman–Crippen MR) is 83.1 cm³/mol. The van der Waals surface area contributed by atoms with Crippen molar-refractivity contribution in [2.24, 2.45) is 0 Å². The van der Waals surface area contributed by atoms with E-state index in [-0.39, 0.29) is 23.2 Å². The topological polar surface area (TPSA) is 57.8 Å². The van der Waals surface area contributed by atoms with Crippen molar-refractivity contribution in [2.45, 2.75) is 6.92 Å². The van der Waals surface area contributed by atoms with E-state index in [1.165, 1.54) is 30.3 Å². The number of anilines is 1. The lowest BCUT2D eigenvalue weighted by Crippen LogP contribution is -2.13. The number of benzene rings is 2. The van der Waals surface area contributed by atoms with Crippen LogP contribution in [0.2, 0.25) is 0 Å². The minimum absolute atomic E-state index is 0.257. The lowest BCUT2D eigenvalue weighted by molar-refractivity contribution is 0.102. The Morgan fingerprint density at radius 1 is 1.04 bits per heavy atom. The van der Waals surface area contributed by atoms with Crippen molar-refractivity contribution < 1.29 is 13.6 Å². The SMILES string of the molecule is Cc1cc(F)ccc1NC(=O)c1cc(-c2ccc(F)cc2)n[nH]1. The van der Waals surface area contributed by atoms with Crippen LogP contribution in [0.1, 0.15) is 16.1 Å². The molecule has 1 aromatic heterocycles. The summed E-state index contributed by atoms with van der Waals surface area (Å²) in [6.45, 7) is 1.70. The van der Waals surface area contributed by atoms with Gasteiger partial charge in [-0.3, -0.25) is 9.89 Å². The Hall–Kier alpha value is -3.02. The monoisotopic (exact) mass is 313 g/mol. The molecule has 1 heterocycles. The normalized spacial score (nSPS) is 10.6. The van der Waals surface area contributed by atoms with Gasteiger partial charge in [0, 0.05) is 11.3 Å². The molecule has 4 nitrogen and oxygen atoms in total. The minimum Gasteiger partial charge on any atom is -0.320 e. The number of halogens is 2. The zero-order valence-corrected chi connectivity index (χ0v) is 12.2. The first-order valence-corrected chi connectivity index (χ1v) is 6.92. The molecule has 0 fully saturated rings. The molecule has 0 spiro atoms. The number of nitrogens with one attached hydrogen (secondary N) is 2. The van der Waals surface area contributed by atoms with E-state index in [1.807, 2.05) is 0 Å². The Bertz CT molecular complexity index is 857. The van der Waals surface area contributed by atoms with E-state index >= 15 is 0 Å². The minimum atomic E-state index is -0.388. The van der Waals surface area contributed by atoms with Gasteiger partial charge in [0.15, 0.2) is 0 Å². The van der Waals surface area contributed by atoms with Gasteiger partial charge in [0.05, 0.1) is 5.69 Å². The molecule has 3 aromatic rings. The summed E-state index contributed by atoms with van der Waals surface area (Å²) >= 11 is 0. The van der Waals surface area contributed by atoms with Crippen LogP contribution in [-0.2, 0) is 0 Å². The van der Waals surface area contributed by atoms with Crippen LogP contribution in [0.3, 0.4) is 0 Å². The van der Waals surface area contributed by atoms with Gasteiger partial charge in [0.25, 0.3) is 5.91 Å². The molecule has 0 aliphatic heterocycles. The van der Waals surface area contributed by atoms with Crippen LogP contribution in [0, 0.1) is 18.6 Å². The highest BCUT2D eigenvalue weighted by molar-refractivity contribution is 6.03. The lowest BCUT2D eigenvalue weighted by atomic mass is 10.1. The predicted octanol–water partition coefficient (Wildman–Crippen LogP) is 3.92. The zero-order chi connectivity index (χ0) is 16.4. The summed E-state index contributed by atoms with van der Waals surface area (Å²) in [4.78, 5) is 12.2. The third-order valence-corrected chi connectivity index (χ3v) is 3.40. The standard InChI is InChI=1S/C17H13F2N3O/c1-10-8-13(19)6-7-14(10)20-17(23)16-9-15(21-22-16)11-2-4-12(18)5-3-11/h2-9H,1H3,(H,20,23)(H,21,22). The first-order chi connectivity index (χ1) is 11.0. The van der Waals surface area contributed by atoms with E-state index in [2.05, 4.69) is 15.5 Å². The summed E-state index contributed by atoms with van der Waals surface area (Å²) in [6.07, 6.45) is 0. The Balaban J connectivity index is 1.79. The van der Waals surface area contributed by atoms with Crippen molar-refractivity contribution in [1.29, 1.82) is 0 Å². The van der Waals surface area contributed by atoms with Gasteiger partial charge in [0.2, 0.25) is 0 Å². The van der Waals surface area contributed by atoms with Crippen molar-refractivity contribution in [2.75, 3.05) is 5.32 Å². The van der Waals surface area contributed by atoms with Crippen molar-refractivity contribution in [3.05, 3.63) is 71.4 Å². The van der Waals surface area contributed by atoms with Gasteiger partial charge in [0.1, 0.15) is 17.3 Å². The Morgan fingerprint density at radius 3 is 2.43 bits per heavy atom. The number of H-pyrrole nitrogens is 1. The maximum absolute atomic E-state index is 13.1. The molecule has 0 radical (unpaired) electrons. The van der Waals surface area contributed by atoms with Crippen molar-refractivity contribution in [3.8, 4) is 11.3 Å². The molecule has 2 aromatic carbocycles. The maximum atomic E-state index is 13.1. The van der Waals surface area contributed by atoms with E-state index in [0.29, 0.717) is 22.5 Å². The van der Waals surface area contributed by atoms with Gasteiger partial charge >= 0.3 is 0 Å². The number of rotatable bonds is 3. The second-order valence-electron chi connectivity index (χ2n) is 5.09. The average Bonchev–Trinajstić information content (AvgIpc) is 3.01. The number of nitrogens with zero attached hydrogens (tertiary/aromatic N) is 1.